The summed E-state index contributed by atoms with van der Waals surface area (Å²) in [5.41, 5.74) is 4.59. The van der Waals surface area contributed by atoms with E-state index in [2.05, 4.69) is 5.32 Å². The molecule has 1 unspecified atom stereocenters. The van der Waals surface area contributed by atoms with Gasteiger partial charge in [0.1, 0.15) is 11.6 Å². The van der Waals surface area contributed by atoms with Crippen molar-refractivity contribution >= 4 is 23.9 Å². The molecule has 0 aromatic carbocycles. The van der Waals surface area contributed by atoms with Gasteiger partial charge in [-0.05, 0) is 41.0 Å². The lowest BCUT2D eigenvalue weighted by Crippen LogP contribution is -2.44. The van der Waals surface area contributed by atoms with Gasteiger partial charge in [-0.2, -0.15) is 0 Å². The van der Waals surface area contributed by atoms with Gasteiger partial charge >= 0.3 is 23.9 Å². The van der Waals surface area contributed by atoms with Gasteiger partial charge < -0.3 is 25.3 Å². The molecule has 0 radical (unpaired) electrons. The van der Waals surface area contributed by atoms with Crippen molar-refractivity contribution in [1.29, 1.82) is 0 Å². The van der Waals surface area contributed by atoms with Crippen LogP contribution in [0.25, 0.3) is 0 Å². The van der Waals surface area contributed by atoms with Crippen molar-refractivity contribution in [2.24, 2.45) is 5.73 Å². The number of hydrogen-bond donors (Lipinski definition) is 2. The molecule has 0 spiro atoms. The average Bonchev–Trinajstić information content (AvgIpc) is 2.50. The molecular formula is C17H32N2O7. The summed E-state index contributed by atoms with van der Waals surface area (Å²) >= 11 is 0. The van der Waals surface area contributed by atoms with Gasteiger partial charge in [-0.15, -0.1) is 0 Å². The van der Waals surface area contributed by atoms with Gasteiger partial charge in [-0.3, -0.25) is 9.59 Å². The molecule has 0 aliphatic heterocycles. The average molecular weight is 376 g/mol. The van der Waals surface area contributed by atoms with E-state index in [-0.39, 0.29) is 37.6 Å². The maximum absolute atomic E-state index is 11.4. The Morgan fingerprint density at radius 1 is 0.962 bits per heavy atom. The molecule has 9 nitrogen and oxygen atoms in total. The van der Waals surface area contributed by atoms with E-state index in [9.17, 15) is 19.2 Å². The summed E-state index contributed by atoms with van der Waals surface area (Å²) < 4.78 is 14.4. The standard InChI is InChI=1S/C10H18N2O5.C7H14O2/c1-3-16-8(13)6-5-7(12-10(11)15)9(14)17-4-2;1-5-6(8)9-7(2,3)4/h7H,3-6H2,1-2H3,(H3,11,12,15);5H2,1-4H3. The Kier molecular flexibility index (Phi) is 13.9. The Morgan fingerprint density at radius 2 is 1.50 bits per heavy atom. The summed E-state index contributed by atoms with van der Waals surface area (Å²) in [6.07, 6.45) is 0.565. The van der Waals surface area contributed by atoms with Gasteiger partial charge in [0.2, 0.25) is 0 Å². The number of ether oxygens (including phenoxy) is 3. The van der Waals surface area contributed by atoms with E-state index >= 15 is 0 Å². The number of esters is 3. The highest BCUT2D eigenvalue weighted by atomic mass is 16.6. The summed E-state index contributed by atoms with van der Waals surface area (Å²) in [5, 5.41) is 2.22. The van der Waals surface area contributed by atoms with Crippen molar-refractivity contribution in [1.82, 2.24) is 5.32 Å². The second-order valence-corrected chi connectivity index (χ2v) is 6.10. The molecule has 0 heterocycles. The van der Waals surface area contributed by atoms with Crippen molar-refractivity contribution in [3.05, 3.63) is 0 Å². The number of hydrogen-bond acceptors (Lipinski definition) is 7. The van der Waals surface area contributed by atoms with E-state index in [1.807, 2.05) is 20.8 Å². The molecule has 0 rings (SSSR count). The zero-order valence-corrected chi connectivity index (χ0v) is 16.5. The van der Waals surface area contributed by atoms with Crippen LogP contribution < -0.4 is 11.1 Å². The highest BCUT2D eigenvalue weighted by Gasteiger charge is 2.22. The quantitative estimate of drug-likeness (QED) is 0.486. The van der Waals surface area contributed by atoms with E-state index in [1.54, 1.807) is 20.8 Å². The van der Waals surface area contributed by atoms with Crippen LogP contribution in [-0.4, -0.2) is 48.8 Å². The number of urea groups is 1. The van der Waals surface area contributed by atoms with Gasteiger partial charge in [0.05, 0.1) is 13.2 Å². The van der Waals surface area contributed by atoms with E-state index < -0.39 is 24.0 Å². The topological polar surface area (TPSA) is 134 Å². The summed E-state index contributed by atoms with van der Waals surface area (Å²) in [4.78, 5) is 43.8. The molecule has 9 heteroatoms. The lowest BCUT2D eigenvalue weighted by Gasteiger charge is -2.18. The molecule has 0 fully saturated rings. The molecule has 0 aliphatic carbocycles. The van der Waals surface area contributed by atoms with Crippen molar-refractivity contribution in [3.8, 4) is 0 Å². The van der Waals surface area contributed by atoms with Crippen LogP contribution in [0.5, 0.6) is 0 Å². The van der Waals surface area contributed by atoms with Gasteiger partial charge in [-0.25, -0.2) is 9.59 Å². The highest BCUT2D eigenvalue weighted by Crippen LogP contribution is 2.07. The van der Waals surface area contributed by atoms with Crippen LogP contribution in [0, 0.1) is 0 Å². The molecular weight excluding hydrogens is 344 g/mol. The number of nitrogens with two attached hydrogens (primary N) is 1. The third-order valence-electron chi connectivity index (χ3n) is 2.54. The van der Waals surface area contributed by atoms with Crippen LogP contribution in [0.1, 0.15) is 60.8 Å². The molecule has 0 aromatic heterocycles. The summed E-state index contributed by atoms with van der Waals surface area (Å²) in [5.74, 6) is -1.19. The lowest BCUT2D eigenvalue weighted by molar-refractivity contribution is -0.154. The number of nitrogens with one attached hydrogen (secondary N) is 1. The van der Waals surface area contributed by atoms with E-state index in [0.717, 1.165) is 0 Å². The van der Waals surface area contributed by atoms with E-state index in [1.165, 1.54) is 0 Å². The number of rotatable bonds is 8. The molecule has 0 aliphatic rings. The molecule has 0 aromatic rings. The van der Waals surface area contributed by atoms with Gasteiger partial charge in [-0.1, -0.05) is 6.92 Å². The van der Waals surface area contributed by atoms with E-state index in [4.69, 9.17) is 19.9 Å². The number of amides is 2. The second-order valence-electron chi connectivity index (χ2n) is 6.10. The Hall–Kier alpha value is -2.32. The van der Waals surface area contributed by atoms with Crippen molar-refractivity contribution in [2.45, 2.75) is 72.4 Å². The first-order chi connectivity index (χ1) is 12.0. The Bertz CT molecular complexity index is 459. The smallest absolute Gasteiger partial charge is 0.328 e. The molecule has 0 saturated carbocycles. The molecule has 0 saturated heterocycles. The number of primary amides is 1. The Morgan fingerprint density at radius 3 is 1.85 bits per heavy atom. The van der Waals surface area contributed by atoms with Gasteiger partial charge in [0.25, 0.3) is 0 Å². The van der Waals surface area contributed by atoms with Gasteiger partial charge in [0.15, 0.2) is 0 Å². The van der Waals surface area contributed by atoms with Crippen molar-refractivity contribution in [2.75, 3.05) is 13.2 Å². The highest BCUT2D eigenvalue weighted by molar-refractivity contribution is 5.83. The van der Waals surface area contributed by atoms with Gasteiger partial charge in [0, 0.05) is 12.8 Å². The van der Waals surface area contributed by atoms with Crippen LogP contribution >= 0.6 is 0 Å². The normalized spacial score (nSPS) is 11.3. The zero-order valence-electron chi connectivity index (χ0n) is 16.5. The predicted molar refractivity (Wildman–Crippen MR) is 95.1 cm³/mol. The second kappa shape index (κ2) is 13.9. The molecule has 2 amide bonds. The fourth-order valence-corrected chi connectivity index (χ4v) is 1.57. The predicted octanol–water partition coefficient (Wildman–Crippen LogP) is 1.67. The van der Waals surface area contributed by atoms with E-state index in [0.29, 0.717) is 6.42 Å². The van der Waals surface area contributed by atoms with Crippen molar-refractivity contribution in [3.63, 3.8) is 0 Å². The van der Waals surface area contributed by atoms with Crippen LogP contribution in [0.2, 0.25) is 0 Å². The largest absolute Gasteiger partial charge is 0.466 e. The van der Waals surface area contributed by atoms with Crippen LogP contribution in [0.3, 0.4) is 0 Å². The maximum Gasteiger partial charge on any atom is 0.328 e. The van der Waals surface area contributed by atoms with Crippen LogP contribution in [0.4, 0.5) is 4.79 Å². The first-order valence-electron chi connectivity index (χ1n) is 8.56. The first-order valence-corrected chi connectivity index (χ1v) is 8.56. The molecule has 3 N–H and O–H groups in total. The minimum Gasteiger partial charge on any atom is -0.466 e. The molecule has 0 bridgehead atoms. The molecule has 152 valence electrons. The number of carbonyl (C=O) groups is 4. The first kappa shape index (κ1) is 25.9. The van der Waals surface area contributed by atoms with Crippen LogP contribution in [-0.2, 0) is 28.6 Å². The summed E-state index contributed by atoms with van der Waals surface area (Å²) in [6.45, 7) is 11.2. The third kappa shape index (κ3) is 16.5. The minimum atomic E-state index is -0.920. The fourth-order valence-electron chi connectivity index (χ4n) is 1.57. The Balaban J connectivity index is 0. The third-order valence-corrected chi connectivity index (χ3v) is 2.54. The molecule has 1 atom stereocenters. The monoisotopic (exact) mass is 376 g/mol. The number of carbonyl (C=O) groups excluding carboxylic acids is 4. The summed E-state index contributed by atoms with van der Waals surface area (Å²) in [6, 6.07) is -1.76. The summed E-state index contributed by atoms with van der Waals surface area (Å²) in [7, 11) is 0. The fraction of sp³-hybridized carbons (Fsp3) is 0.765. The minimum absolute atomic E-state index is 0.0115. The SMILES string of the molecule is CCC(=O)OC(C)(C)C.CCOC(=O)CCC(NC(N)=O)C(=O)OCC. The van der Waals surface area contributed by atoms with Crippen LogP contribution in [0.15, 0.2) is 0 Å². The Labute approximate surface area is 154 Å². The van der Waals surface area contributed by atoms with Crippen molar-refractivity contribution < 1.29 is 33.4 Å². The zero-order chi connectivity index (χ0) is 20.8. The lowest BCUT2D eigenvalue weighted by atomic mass is 10.1. The molecule has 26 heavy (non-hydrogen) atoms. The maximum atomic E-state index is 11.4.